The molecule has 0 saturated carbocycles. The third-order valence-corrected chi connectivity index (χ3v) is 4.69. The van der Waals surface area contributed by atoms with Crippen LogP contribution in [0, 0.1) is 5.92 Å². The molecule has 0 aromatic carbocycles. The van der Waals surface area contributed by atoms with Crippen molar-refractivity contribution >= 4 is 11.8 Å². The van der Waals surface area contributed by atoms with E-state index in [4.69, 9.17) is 0 Å². The zero-order chi connectivity index (χ0) is 14.7. The molecule has 0 aromatic rings. The van der Waals surface area contributed by atoms with Crippen LogP contribution in [0.25, 0.3) is 0 Å². The number of nitrogens with one attached hydrogen (secondary N) is 1. The van der Waals surface area contributed by atoms with Gasteiger partial charge in [0.05, 0.1) is 0 Å². The fraction of sp³-hybridized carbons (Fsp3) is 0.750. The normalized spacial score (nSPS) is 32.1. The summed E-state index contributed by atoms with van der Waals surface area (Å²) in [5, 5.41) is 2.94. The van der Waals surface area contributed by atoms with Gasteiger partial charge in [0, 0.05) is 6.04 Å². The quantitative estimate of drug-likeness (QED) is 0.802. The Morgan fingerprint density at radius 2 is 2.10 bits per heavy atom. The lowest BCUT2D eigenvalue weighted by Crippen LogP contribution is -2.67. The molecular weight excluding hydrogens is 252 g/mol. The molecule has 1 aliphatic carbocycles. The van der Waals surface area contributed by atoms with Gasteiger partial charge in [-0.05, 0) is 31.6 Å². The molecule has 0 spiro atoms. The maximum Gasteiger partial charge on any atom is 0.246 e. The Morgan fingerprint density at radius 1 is 1.35 bits per heavy atom. The van der Waals surface area contributed by atoms with E-state index in [9.17, 15) is 9.59 Å². The van der Waals surface area contributed by atoms with Gasteiger partial charge in [0.2, 0.25) is 11.8 Å². The van der Waals surface area contributed by atoms with Gasteiger partial charge in [0.15, 0.2) is 0 Å². The second-order valence-electron chi connectivity index (χ2n) is 5.98. The Hall–Kier alpha value is -1.32. The molecule has 2 aliphatic rings. The molecule has 0 bridgehead atoms. The van der Waals surface area contributed by atoms with Crippen molar-refractivity contribution < 1.29 is 9.59 Å². The molecule has 4 heteroatoms. The number of piperazine rings is 1. The number of allylic oxidation sites excluding steroid dienone is 1. The average molecular weight is 278 g/mol. The molecule has 4 nitrogen and oxygen atoms in total. The number of hydrogen-bond donors (Lipinski definition) is 1. The van der Waals surface area contributed by atoms with Gasteiger partial charge in [-0.2, -0.15) is 0 Å². The first-order valence-electron chi connectivity index (χ1n) is 7.87. The van der Waals surface area contributed by atoms with E-state index >= 15 is 0 Å². The minimum atomic E-state index is -0.346. The maximum absolute atomic E-state index is 12.8. The van der Waals surface area contributed by atoms with Crippen LogP contribution in [0.3, 0.4) is 0 Å². The van der Waals surface area contributed by atoms with Crippen LogP contribution in [0.5, 0.6) is 0 Å². The predicted molar refractivity (Wildman–Crippen MR) is 79.1 cm³/mol. The summed E-state index contributed by atoms with van der Waals surface area (Å²) in [7, 11) is 0. The molecule has 0 aromatic heterocycles. The molecule has 20 heavy (non-hydrogen) atoms. The molecule has 0 radical (unpaired) electrons. The fourth-order valence-electron chi connectivity index (χ4n) is 3.22. The number of carbonyl (C=O) groups is 2. The Morgan fingerprint density at radius 3 is 2.65 bits per heavy atom. The minimum Gasteiger partial charge on any atom is -0.342 e. The third-order valence-electron chi connectivity index (χ3n) is 4.69. The zero-order valence-electron chi connectivity index (χ0n) is 12.8. The smallest absolute Gasteiger partial charge is 0.246 e. The van der Waals surface area contributed by atoms with Crippen LogP contribution in [0.4, 0.5) is 0 Å². The van der Waals surface area contributed by atoms with Gasteiger partial charge in [-0.15, -0.1) is 0 Å². The molecule has 1 heterocycles. The van der Waals surface area contributed by atoms with Crippen molar-refractivity contribution in [1.29, 1.82) is 0 Å². The predicted octanol–water partition coefficient (Wildman–Crippen LogP) is 2.25. The summed E-state index contributed by atoms with van der Waals surface area (Å²) in [5.74, 6) is 0.323. The summed E-state index contributed by atoms with van der Waals surface area (Å²) in [4.78, 5) is 27.0. The van der Waals surface area contributed by atoms with Crippen LogP contribution >= 0.6 is 0 Å². The highest BCUT2D eigenvalue weighted by Crippen LogP contribution is 2.26. The summed E-state index contributed by atoms with van der Waals surface area (Å²) >= 11 is 0. The summed E-state index contributed by atoms with van der Waals surface area (Å²) in [6, 6.07) is -0.449. The molecule has 2 rings (SSSR count). The molecule has 1 N–H and O–H groups in total. The third kappa shape index (κ3) is 2.74. The van der Waals surface area contributed by atoms with E-state index in [0.29, 0.717) is 6.42 Å². The zero-order valence-corrected chi connectivity index (χ0v) is 12.8. The van der Waals surface area contributed by atoms with Gasteiger partial charge in [-0.25, -0.2) is 0 Å². The molecule has 4 unspecified atom stereocenters. The standard InChI is InChI=1S/C16H26N2O2/c1-4-11(3)14-16(20)18(12-9-7-6-8-10-12)13(5-2)15(19)17-14/h6-7,11-14H,4-5,8-10H2,1-3H3,(H,17,19). The molecular formula is C16H26N2O2. The van der Waals surface area contributed by atoms with Crippen molar-refractivity contribution in [3.05, 3.63) is 12.2 Å². The van der Waals surface area contributed by atoms with E-state index in [1.54, 1.807) is 0 Å². The van der Waals surface area contributed by atoms with Crippen LogP contribution < -0.4 is 5.32 Å². The van der Waals surface area contributed by atoms with Crippen LogP contribution in [-0.2, 0) is 9.59 Å². The van der Waals surface area contributed by atoms with Crippen molar-refractivity contribution in [1.82, 2.24) is 10.2 Å². The van der Waals surface area contributed by atoms with Crippen LogP contribution in [0.15, 0.2) is 12.2 Å². The van der Waals surface area contributed by atoms with Crippen molar-refractivity contribution in [3.63, 3.8) is 0 Å². The molecule has 4 atom stereocenters. The van der Waals surface area contributed by atoms with E-state index < -0.39 is 0 Å². The average Bonchev–Trinajstić information content (AvgIpc) is 2.48. The van der Waals surface area contributed by atoms with E-state index in [1.165, 1.54) is 0 Å². The van der Waals surface area contributed by atoms with E-state index in [1.807, 2.05) is 18.7 Å². The van der Waals surface area contributed by atoms with Gasteiger partial charge in [0.1, 0.15) is 12.1 Å². The highest BCUT2D eigenvalue weighted by Gasteiger charge is 2.44. The van der Waals surface area contributed by atoms with Gasteiger partial charge in [-0.1, -0.05) is 39.3 Å². The van der Waals surface area contributed by atoms with E-state index in [-0.39, 0.29) is 35.9 Å². The Balaban J connectivity index is 2.25. The molecule has 2 amide bonds. The lowest BCUT2D eigenvalue weighted by atomic mass is 9.90. The van der Waals surface area contributed by atoms with Crippen molar-refractivity contribution in [2.45, 2.75) is 71.0 Å². The SMILES string of the molecule is CCC(C)C1NC(=O)C(CC)N(C2CC=CCC2)C1=O. The topological polar surface area (TPSA) is 49.4 Å². The highest BCUT2D eigenvalue weighted by atomic mass is 16.2. The fourth-order valence-corrected chi connectivity index (χ4v) is 3.22. The molecule has 1 saturated heterocycles. The highest BCUT2D eigenvalue weighted by molar-refractivity contribution is 5.97. The second kappa shape index (κ2) is 6.42. The Kier molecular flexibility index (Phi) is 4.84. The van der Waals surface area contributed by atoms with Gasteiger partial charge >= 0.3 is 0 Å². The van der Waals surface area contributed by atoms with E-state index in [0.717, 1.165) is 25.7 Å². The largest absolute Gasteiger partial charge is 0.342 e. The first-order valence-corrected chi connectivity index (χ1v) is 7.87. The lowest BCUT2D eigenvalue weighted by Gasteiger charge is -2.45. The first kappa shape index (κ1) is 15.1. The van der Waals surface area contributed by atoms with Crippen molar-refractivity contribution in [2.75, 3.05) is 0 Å². The number of hydrogen-bond acceptors (Lipinski definition) is 2. The number of rotatable bonds is 4. The van der Waals surface area contributed by atoms with Gasteiger partial charge in [-0.3, -0.25) is 9.59 Å². The first-order chi connectivity index (χ1) is 9.60. The van der Waals surface area contributed by atoms with Crippen molar-refractivity contribution in [2.24, 2.45) is 5.92 Å². The van der Waals surface area contributed by atoms with Crippen molar-refractivity contribution in [3.8, 4) is 0 Å². The van der Waals surface area contributed by atoms with Crippen LogP contribution in [0.2, 0.25) is 0 Å². The summed E-state index contributed by atoms with van der Waals surface area (Å²) in [5.41, 5.74) is 0. The molecule has 1 aliphatic heterocycles. The monoisotopic (exact) mass is 278 g/mol. The minimum absolute atomic E-state index is 0.0203. The molecule has 1 fully saturated rings. The Bertz CT molecular complexity index is 405. The number of nitrogens with zero attached hydrogens (tertiary/aromatic N) is 1. The summed E-state index contributed by atoms with van der Waals surface area (Å²) < 4.78 is 0. The van der Waals surface area contributed by atoms with Gasteiger partial charge in [0.25, 0.3) is 0 Å². The Labute approximate surface area is 121 Å². The number of carbonyl (C=O) groups excluding carboxylic acids is 2. The summed E-state index contributed by atoms with van der Waals surface area (Å²) in [6.07, 6.45) is 8.73. The maximum atomic E-state index is 12.8. The van der Waals surface area contributed by atoms with Crippen LogP contribution in [0.1, 0.15) is 52.9 Å². The van der Waals surface area contributed by atoms with Gasteiger partial charge < -0.3 is 10.2 Å². The number of amides is 2. The molecule has 112 valence electrons. The van der Waals surface area contributed by atoms with E-state index in [2.05, 4.69) is 24.4 Å². The second-order valence-corrected chi connectivity index (χ2v) is 5.98. The summed E-state index contributed by atoms with van der Waals surface area (Å²) in [6.45, 7) is 6.07. The van der Waals surface area contributed by atoms with Crippen LogP contribution in [-0.4, -0.2) is 34.8 Å². The lowest BCUT2D eigenvalue weighted by molar-refractivity contribution is -0.154.